The van der Waals surface area contributed by atoms with Gasteiger partial charge in [-0.2, -0.15) is 0 Å². The first kappa shape index (κ1) is 58.7. The molecule has 5 aromatic rings. The van der Waals surface area contributed by atoms with Crippen LogP contribution in [0, 0.1) is 0 Å². The fourth-order valence-corrected chi connectivity index (χ4v) is 7.37. The summed E-state index contributed by atoms with van der Waals surface area (Å²) in [5, 5.41) is 5.78. The lowest BCUT2D eigenvalue weighted by Gasteiger charge is -2.16. The zero-order valence-corrected chi connectivity index (χ0v) is 44.0. The van der Waals surface area contributed by atoms with Crippen molar-refractivity contribution in [3.8, 4) is 46.0 Å². The van der Waals surface area contributed by atoms with Crippen molar-refractivity contribution < 1.29 is 85.4 Å². The van der Waals surface area contributed by atoms with Crippen LogP contribution in [-0.4, -0.2) is 175 Å². The number of amides is 2. The second kappa shape index (κ2) is 35.5. The summed E-state index contributed by atoms with van der Waals surface area (Å²) in [5.41, 5.74) is 1.61. The van der Waals surface area contributed by atoms with Gasteiger partial charge in [0.05, 0.1) is 106 Å². The first-order valence-electron chi connectivity index (χ1n) is 26.2. The number of fused-ring (bicyclic) bond motifs is 4. The van der Waals surface area contributed by atoms with Crippen LogP contribution in [-0.2, 0) is 51.0 Å². The fraction of sp³-hybridized carbons (Fsp3) is 0.456. The van der Waals surface area contributed by atoms with E-state index in [2.05, 4.69) is 15.6 Å². The van der Waals surface area contributed by atoms with E-state index in [9.17, 15) is 9.59 Å². The minimum absolute atomic E-state index is 0.0669. The molecular formula is C57H71N3O18. The zero-order chi connectivity index (χ0) is 53.9. The van der Waals surface area contributed by atoms with Crippen molar-refractivity contribution >= 4 is 11.8 Å². The standard InChI is InChI=1S/C57H71N3O18/c61-56(58-42-44-12-14-52-54(40-44)77-38-30-69-22-20-65-26-34-73-50-10-3-1-8-48(50)71-32-24-63-16-18-67-28-36-75-52)46-6-5-7-47(60-46)57(62)59-43-45-13-15-53-55(41-45)78-39-31-70-23-21-66-27-35-74-51-11-4-2-9-49(51)72-33-25-64-17-19-68-29-37-76-53/h1-15,40-41H,16-39,42-43H2,(H,58,61)(H,59,62). The van der Waals surface area contributed by atoms with Gasteiger partial charge in [0.2, 0.25) is 0 Å². The number of aromatic nitrogens is 1. The fourth-order valence-electron chi connectivity index (χ4n) is 7.37. The topological polar surface area (TPSA) is 219 Å². The molecule has 422 valence electrons. The summed E-state index contributed by atoms with van der Waals surface area (Å²) < 4.78 is 93.3. The number of pyridine rings is 1. The maximum absolute atomic E-state index is 13.4. The predicted molar refractivity (Wildman–Crippen MR) is 283 cm³/mol. The largest absolute Gasteiger partial charge is 0.487 e. The van der Waals surface area contributed by atoms with E-state index in [1.54, 1.807) is 42.5 Å². The normalized spacial score (nSPS) is 17.1. The van der Waals surface area contributed by atoms with Crippen LogP contribution in [0.4, 0.5) is 0 Å². The first-order valence-corrected chi connectivity index (χ1v) is 26.2. The Balaban J connectivity index is 0.865. The Bertz CT molecular complexity index is 2350. The molecule has 2 amide bonds. The van der Waals surface area contributed by atoms with E-state index in [0.717, 1.165) is 11.1 Å². The van der Waals surface area contributed by atoms with Gasteiger partial charge in [0.15, 0.2) is 46.0 Å². The Labute approximate surface area is 454 Å². The summed E-state index contributed by atoms with van der Waals surface area (Å²) in [6.45, 7) is 8.45. The number of para-hydroxylation sites is 4. The monoisotopic (exact) mass is 1090 g/mol. The number of nitrogens with one attached hydrogen (secondary N) is 2. The molecule has 7 rings (SSSR count). The Morgan fingerprint density at radius 1 is 0.295 bits per heavy atom. The molecule has 0 unspecified atom stereocenters. The van der Waals surface area contributed by atoms with Gasteiger partial charge in [-0.3, -0.25) is 9.59 Å². The molecule has 0 bridgehead atoms. The van der Waals surface area contributed by atoms with Crippen LogP contribution < -0.4 is 48.5 Å². The second-order valence-electron chi connectivity index (χ2n) is 16.9. The molecule has 0 saturated heterocycles. The molecule has 0 saturated carbocycles. The lowest BCUT2D eigenvalue weighted by Crippen LogP contribution is -2.27. The molecule has 1 aromatic heterocycles. The minimum atomic E-state index is -0.472. The smallest absolute Gasteiger partial charge is 0.270 e. The number of nitrogens with zero attached hydrogens (tertiary/aromatic N) is 1. The third-order valence-electron chi connectivity index (χ3n) is 11.2. The van der Waals surface area contributed by atoms with Crippen molar-refractivity contribution in [3.05, 3.63) is 126 Å². The highest BCUT2D eigenvalue weighted by Crippen LogP contribution is 2.31. The van der Waals surface area contributed by atoms with Crippen molar-refractivity contribution in [1.82, 2.24) is 15.6 Å². The van der Waals surface area contributed by atoms with Crippen LogP contribution >= 0.6 is 0 Å². The van der Waals surface area contributed by atoms with Crippen LogP contribution in [0.3, 0.4) is 0 Å². The molecule has 2 aliphatic rings. The molecule has 78 heavy (non-hydrogen) atoms. The Morgan fingerprint density at radius 3 is 0.821 bits per heavy atom. The molecular weight excluding hydrogens is 1010 g/mol. The van der Waals surface area contributed by atoms with Crippen molar-refractivity contribution in [2.24, 2.45) is 0 Å². The molecule has 2 aliphatic heterocycles. The maximum Gasteiger partial charge on any atom is 0.270 e. The van der Waals surface area contributed by atoms with Crippen molar-refractivity contribution in [1.29, 1.82) is 0 Å². The number of hydrogen-bond donors (Lipinski definition) is 2. The van der Waals surface area contributed by atoms with E-state index >= 15 is 0 Å². The van der Waals surface area contributed by atoms with Gasteiger partial charge in [-0.15, -0.1) is 0 Å². The van der Waals surface area contributed by atoms with Crippen LogP contribution in [0.5, 0.6) is 46.0 Å². The van der Waals surface area contributed by atoms with E-state index in [1.165, 1.54) is 0 Å². The zero-order valence-electron chi connectivity index (χ0n) is 44.0. The molecule has 0 aliphatic carbocycles. The van der Waals surface area contributed by atoms with Crippen LogP contribution in [0.25, 0.3) is 0 Å². The van der Waals surface area contributed by atoms with E-state index in [0.29, 0.717) is 178 Å². The van der Waals surface area contributed by atoms with Crippen LogP contribution in [0.2, 0.25) is 0 Å². The van der Waals surface area contributed by atoms with Crippen molar-refractivity contribution in [2.45, 2.75) is 13.1 Å². The Morgan fingerprint density at radius 2 is 0.538 bits per heavy atom. The van der Waals surface area contributed by atoms with Gasteiger partial charge in [-0.25, -0.2) is 4.98 Å². The summed E-state index contributed by atoms with van der Waals surface area (Å²) in [7, 11) is 0. The number of hydrogen-bond acceptors (Lipinski definition) is 19. The number of rotatable bonds is 6. The molecule has 3 heterocycles. The van der Waals surface area contributed by atoms with Crippen molar-refractivity contribution in [3.63, 3.8) is 0 Å². The third-order valence-corrected chi connectivity index (χ3v) is 11.2. The molecule has 2 N–H and O–H groups in total. The molecule has 0 spiro atoms. The number of carbonyl (C=O) groups excluding carboxylic acids is 2. The average molecular weight is 1090 g/mol. The highest BCUT2D eigenvalue weighted by Gasteiger charge is 2.16. The number of benzene rings is 4. The quantitative estimate of drug-likeness (QED) is 0.214. The summed E-state index contributed by atoms with van der Waals surface area (Å²) >= 11 is 0. The summed E-state index contributed by atoms with van der Waals surface area (Å²) in [6.07, 6.45) is 0. The molecule has 0 fully saturated rings. The van der Waals surface area contributed by atoms with Gasteiger partial charge < -0.3 is 86.4 Å². The van der Waals surface area contributed by atoms with Gasteiger partial charge in [0.25, 0.3) is 11.8 Å². The number of carbonyl (C=O) groups is 2. The van der Waals surface area contributed by atoms with Gasteiger partial charge in [0, 0.05) is 13.1 Å². The van der Waals surface area contributed by atoms with E-state index in [1.807, 2.05) is 60.7 Å². The lowest BCUT2D eigenvalue weighted by molar-refractivity contribution is 0.0223. The predicted octanol–water partition coefficient (Wildman–Crippen LogP) is 5.53. The molecule has 4 aromatic carbocycles. The van der Waals surface area contributed by atoms with Gasteiger partial charge in [-0.05, 0) is 71.8 Å². The van der Waals surface area contributed by atoms with Gasteiger partial charge in [0.1, 0.15) is 64.2 Å². The SMILES string of the molecule is O=C(NCc1ccc2c(c1)OCCOCCOCCOc1ccccc1OCCOCCOCCO2)c1cccc(C(=O)NCc2ccc3c(c2)OCCOCCOCCOc2ccccc2OCCOCCOCCO3)n1. The second-order valence-corrected chi connectivity index (χ2v) is 16.9. The van der Waals surface area contributed by atoms with E-state index in [4.69, 9.17) is 75.8 Å². The molecule has 21 nitrogen and oxygen atoms in total. The summed E-state index contributed by atoms with van der Waals surface area (Å²) in [4.78, 5) is 31.2. The van der Waals surface area contributed by atoms with Crippen LogP contribution in [0.15, 0.2) is 103 Å². The van der Waals surface area contributed by atoms with Gasteiger partial charge in [-0.1, -0.05) is 42.5 Å². The van der Waals surface area contributed by atoms with Crippen LogP contribution in [0.1, 0.15) is 32.1 Å². The minimum Gasteiger partial charge on any atom is -0.487 e. The average Bonchev–Trinajstić information content (AvgIpc) is 3.47. The highest BCUT2D eigenvalue weighted by molar-refractivity contribution is 5.96. The van der Waals surface area contributed by atoms with Gasteiger partial charge >= 0.3 is 0 Å². The van der Waals surface area contributed by atoms with Crippen molar-refractivity contribution in [2.75, 3.05) is 159 Å². The Kier molecular flexibility index (Phi) is 26.7. The van der Waals surface area contributed by atoms with E-state index in [-0.39, 0.29) is 50.9 Å². The highest BCUT2D eigenvalue weighted by atomic mass is 16.6. The van der Waals surface area contributed by atoms with E-state index < -0.39 is 11.8 Å². The lowest BCUT2D eigenvalue weighted by atomic mass is 10.2. The summed E-state index contributed by atoms with van der Waals surface area (Å²) in [6, 6.07) is 30.4. The number of ether oxygens (including phenoxy) is 16. The first-order chi connectivity index (χ1) is 38.6. The Hall–Kier alpha value is -6.95. The summed E-state index contributed by atoms with van der Waals surface area (Å²) in [5.74, 6) is 3.53. The molecule has 0 atom stereocenters. The molecule has 0 radical (unpaired) electrons. The maximum atomic E-state index is 13.4. The molecule has 21 heteroatoms. The third kappa shape index (κ3) is 21.8.